The molecule has 0 aliphatic heterocycles. The lowest BCUT2D eigenvalue weighted by Crippen LogP contribution is -2.19. The largest absolute Gasteiger partial charge is 0.481 e. The topological polar surface area (TPSA) is 96.2 Å². The zero-order valence-corrected chi connectivity index (χ0v) is 11.5. The van der Waals surface area contributed by atoms with Gasteiger partial charge in [-0.05, 0) is 24.1 Å². The first-order valence-electron chi connectivity index (χ1n) is 6.41. The van der Waals surface area contributed by atoms with Gasteiger partial charge in [0.25, 0.3) is 0 Å². The van der Waals surface area contributed by atoms with Gasteiger partial charge in [0.15, 0.2) is 5.82 Å². The maximum Gasteiger partial charge on any atom is 0.324 e. The van der Waals surface area contributed by atoms with Crippen LogP contribution in [0.5, 0.6) is 0 Å². The molecule has 0 radical (unpaired) electrons. The van der Waals surface area contributed by atoms with E-state index in [9.17, 15) is 9.59 Å². The summed E-state index contributed by atoms with van der Waals surface area (Å²) in [6.45, 7) is 0. The number of amides is 2. The molecule has 7 heteroatoms. The molecule has 0 bridgehead atoms. The minimum atomic E-state index is -0.827. The van der Waals surface area contributed by atoms with Crippen LogP contribution < -0.4 is 10.6 Å². The lowest BCUT2D eigenvalue weighted by molar-refractivity contribution is -0.136. The first-order chi connectivity index (χ1) is 10.0. The van der Waals surface area contributed by atoms with Crippen molar-refractivity contribution in [2.45, 2.75) is 12.8 Å². The van der Waals surface area contributed by atoms with Gasteiger partial charge in [-0.15, -0.1) is 0 Å². The minimum Gasteiger partial charge on any atom is -0.481 e. The van der Waals surface area contributed by atoms with Crippen LogP contribution in [-0.4, -0.2) is 26.9 Å². The molecule has 0 saturated heterocycles. The Morgan fingerprint density at radius 1 is 1.19 bits per heavy atom. The molecule has 110 valence electrons. The summed E-state index contributed by atoms with van der Waals surface area (Å²) in [5.41, 5.74) is 1.54. The second kappa shape index (κ2) is 6.56. The van der Waals surface area contributed by atoms with Crippen LogP contribution in [0.1, 0.15) is 12.0 Å². The summed E-state index contributed by atoms with van der Waals surface area (Å²) in [4.78, 5) is 22.2. The molecule has 0 spiro atoms. The van der Waals surface area contributed by atoms with E-state index in [4.69, 9.17) is 5.11 Å². The number of hydrogen-bond acceptors (Lipinski definition) is 3. The highest BCUT2D eigenvalue weighted by molar-refractivity contribution is 5.99. The van der Waals surface area contributed by atoms with E-state index in [-0.39, 0.29) is 12.5 Å². The van der Waals surface area contributed by atoms with Gasteiger partial charge in [-0.2, -0.15) is 5.10 Å². The van der Waals surface area contributed by atoms with E-state index in [0.717, 1.165) is 5.56 Å². The Balaban J connectivity index is 1.87. The van der Waals surface area contributed by atoms with Crippen molar-refractivity contribution in [1.82, 2.24) is 9.78 Å². The molecule has 1 aromatic heterocycles. The number of rotatable bonds is 5. The smallest absolute Gasteiger partial charge is 0.324 e. The van der Waals surface area contributed by atoms with Crippen LogP contribution in [-0.2, 0) is 18.3 Å². The number of benzene rings is 1. The molecule has 0 aliphatic rings. The second-order valence-corrected chi connectivity index (χ2v) is 4.54. The summed E-state index contributed by atoms with van der Waals surface area (Å²) < 4.78 is 1.59. The van der Waals surface area contributed by atoms with Crippen molar-refractivity contribution in [3.63, 3.8) is 0 Å². The molecule has 0 fully saturated rings. The first-order valence-corrected chi connectivity index (χ1v) is 6.41. The third-order valence-corrected chi connectivity index (χ3v) is 2.79. The molecule has 3 N–H and O–H groups in total. The van der Waals surface area contributed by atoms with Crippen LogP contribution in [0.25, 0.3) is 0 Å². The lowest BCUT2D eigenvalue weighted by Gasteiger charge is -2.06. The van der Waals surface area contributed by atoms with Crippen molar-refractivity contribution in [3.05, 3.63) is 42.1 Å². The maximum absolute atomic E-state index is 11.7. The van der Waals surface area contributed by atoms with Gasteiger partial charge in [0, 0.05) is 31.4 Å². The van der Waals surface area contributed by atoms with Gasteiger partial charge in [0.05, 0.1) is 0 Å². The van der Waals surface area contributed by atoms with Crippen molar-refractivity contribution in [3.8, 4) is 0 Å². The molecule has 2 amide bonds. The first kappa shape index (κ1) is 14.6. The highest BCUT2D eigenvalue weighted by Gasteiger charge is 2.05. The third-order valence-electron chi connectivity index (χ3n) is 2.79. The van der Waals surface area contributed by atoms with Crippen molar-refractivity contribution >= 4 is 23.5 Å². The quantitative estimate of drug-likeness (QED) is 0.784. The predicted octanol–water partition coefficient (Wildman–Crippen LogP) is 2.08. The van der Waals surface area contributed by atoms with E-state index in [2.05, 4.69) is 15.7 Å². The van der Waals surface area contributed by atoms with Crippen molar-refractivity contribution < 1.29 is 14.7 Å². The number of anilines is 2. The highest BCUT2D eigenvalue weighted by atomic mass is 16.4. The van der Waals surface area contributed by atoms with Crippen LogP contribution in [0.3, 0.4) is 0 Å². The van der Waals surface area contributed by atoms with Crippen molar-refractivity contribution in [1.29, 1.82) is 0 Å². The molecule has 0 aliphatic carbocycles. The molecule has 1 heterocycles. The Bertz CT molecular complexity index is 634. The van der Waals surface area contributed by atoms with Gasteiger partial charge in [0.2, 0.25) is 0 Å². The van der Waals surface area contributed by atoms with Crippen LogP contribution in [0.2, 0.25) is 0 Å². The van der Waals surface area contributed by atoms with Gasteiger partial charge in [0.1, 0.15) is 0 Å². The molecular formula is C14H16N4O3. The Kier molecular flexibility index (Phi) is 4.55. The average molecular weight is 288 g/mol. The number of carbonyl (C=O) groups excluding carboxylic acids is 1. The number of aliphatic carboxylic acids is 1. The lowest BCUT2D eigenvalue weighted by atomic mass is 10.1. The van der Waals surface area contributed by atoms with Crippen molar-refractivity contribution in [2.75, 3.05) is 10.6 Å². The number of aromatic nitrogens is 2. The monoisotopic (exact) mass is 288 g/mol. The zero-order valence-electron chi connectivity index (χ0n) is 11.5. The Labute approximate surface area is 121 Å². The summed E-state index contributed by atoms with van der Waals surface area (Å²) in [5.74, 6) is -0.361. The molecule has 0 unspecified atom stereocenters. The fraction of sp³-hybridized carbons (Fsp3) is 0.214. The van der Waals surface area contributed by atoms with E-state index >= 15 is 0 Å². The maximum atomic E-state index is 11.7. The van der Waals surface area contributed by atoms with Gasteiger partial charge in [-0.25, -0.2) is 4.79 Å². The predicted molar refractivity (Wildman–Crippen MR) is 78.2 cm³/mol. The number of nitrogens with one attached hydrogen (secondary N) is 2. The number of urea groups is 1. The van der Waals surface area contributed by atoms with Gasteiger partial charge >= 0.3 is 12.0 Å². The van der Waals surface area contributed by atoms with E-state index in [1.807, 2.05) is 0 Å². The standard InChI is InChI=1S/C14H16N4O3/c1-18-9-8-12(17-18)16-14(21)15-11-5-2-10(3-6-11)4-7-13(19)20/h2-3,5-6,8-9H,4,7H2,1H3,(H,19,20)(H2,15,16,17,21). The molecular weight excluding hydrogens is 272 g/mol. The fourth-order valence-electron chi connectivity index (χ4n) is 1.77. The van der Waals surface area contributed by atoms with E-state index < -0.39 is 5.97 Å². The number of carboxylic acids is 1. The van der Waals surface area contributed by atoms with Crippen molar-refractivity contribution in [2.24, 2.45) is 7.05 Å². The summed E-state index contributed by atoms with van der Waals surface area (Å²) in [7, 11) is 1.76. The van der Waals surface area contributed by atoms with Crippen LogP contribution in [0, 0.1) is 0 Å². The van der Waals surface area contributed by atoms with E-state index in [0.29, 0.717) is 17.9 Å². The highest BCUT2D eigenvalue weighted by Crippen LogP contribution is 2.12. The number of carboxylic acid groups (broad SMARTS) is 1. The number of nitrogens with zero attached hydrogens (tertiary/aromatic N) is 2. The average Bonchev–Trinajstić information content (AvgIpc) is 2.83. The van der Waals surface area contributed by atoms with Gasteiger partial charge in [-0.1, -0.05) is 12.1 Å². The Hall–Kier alpha value is -2.83. The van der Waals surface area contributed by atoms with Gasteiger partial charge in [-0.3, -0.25) is 14.8 Å². The summed E-state index contributed by atoms with van der Waals surface area (Å²) in [6, 6.07) is 8.35. The number of carbonyl (C=O) groups is 2. The zero-order chi connectivity index (χ0) is 15.2. The number of hydrogen-bond donors (Lipinski definition) is 3. The van der Waals surface area contributed by atoms with Crippen LogP contribution >= 0.6 is 0 Å². The van der Waals surface area contributed by atoms with Crippen LogP contribution in [0.15, 0.2) is 36.5 Å². The van der Waals surface area contributed by atoms with Gasteiger partial charge < -0.3 is 10.4 Å². The summed E-state index contributed by atoms with van der Waals surface area (Å²) in [5, 5.41) is 17.9. The van der Waals surface area contributed by atoms with E-state index in [1.54, 1.807) is 48.3 Å². The molecule has 21 heavy (non-hydrogen) atoms. The van der Waals surface area contributed by atoms with Crippen LogP contribution in [0.4, 0.5) is 16.3 Å². The Morgan fingerprint density at radius 2 is 1.90 bits per heavy atom. The normalized spacial score (nSPS) is 10.1. The molecule has 0 saturated carbocycles. The molecule has 7 nitrogen and oxygen atoms in total. The van der Waals surface area contributed by atoms with E-state index in [1.165, 1.54) is 0 Å². The third kappa shape index (κ3) is 4.64. The second-order valence-electron chi connectivity index (χ2n) is 4.54. The minimum absolute atomic E-state index is 0.0902. The SMILES string of the molecule is Cn1ccc(NC(=O)Nc2ccc(CCC(=O)O)cc2)n1. The fourth-order valence-corrected chi connectivity index (χ4v) is 1.77. The Morgan fingerprint density at radius 3 is 2.48 bits per heavy atom. The molecule has 2 aromatic rings. The summed E-state index contributed by atoms with van der Waals surface area (Å²) in [6.07, 6.45) is 2.29. The molecule has 0 atom stereocenters. The molecule has 2 rings (SSSR count). The summed E-state index contributed by atoms with van der Waals surface area (Å²) >= 11 is 0. The number of aryl methyl sites for hydroxylation is 2. The molecule has 1 aromatic carbocycles.